The van der Waals surface area contributed by atoms with E-state index in [1.807, 2.05) is 37.3 Å². The number of benzene rings is 2. The van der Waals surface area contributed by atoms with Crippen molar-refractivity contribution in [3.05, 3.63) is 78.1 Å². The van der Waals surface area contributed by atoms with Crippen LogP contribution >= 0.6 is 11.3 Å². The summed E-state index contributed by atoms with van der Waals surface area (Å²) in [6.07, 6.45) is 5.15. The number of hydrogen-bond acceptors (Lipinski definition) is 7. The Kier molecular flexibility index (Phi) is 6.74. The minimum atomic E-state index is -3.59. The van der Waals surface area contributed by atoms with Crippen LogP contribution in [0.3, 0.4) is 0 Å². The van der Waals surface area contributed by atoms with Crippen LogP contribution in [0.4, 0.5) is 5.13 Å². The first-order chi connectivity index (χ1) is 17.4. The summed E-state index contributed by atoms with van der Waals surface area (Å²) >= 11 is 1.40. The fourth-order valence-corrected chi connectivity index (χ4v) is 6.30. The van der Waals surface area contributed by atoms with Crippen LogP contribution in [0.15, 0.2) is 71.9 Å². The number of carbonyl (C=O) groups excluding carboxylic acids is 1. The zero-order valence-corrected chi connectivity index (χ0v) is 21.6. The normalized spacial score (nSPS) is 13.8. The molecule has 2 heterocycles. The lowest BCUT2D eigenvalue weighted by Gasteiger charge is -2.20. The Balaban J connectivity index is 1.47. The van der Waals surface area contributed by atoms with Gasteiger partial charge in [-0.1, -0.05) is 17.4 Å². The lowest BCUT2D eigenvalue weighted by atomic mass is 10.2. The van der Waals surface area contributed by atoms with Crippen molar-refractivity contribution in [3.8, 4) is 5.75 Å². The van der Waals surface area contributed by atoms with Crippen LogP contribution in [0.2, 0.25) is 0 Å². The van der Waals surface area contributed by atoms with Crippen molar-refractivity contribution in [2.24, 2.45) is 0 Å². The second-order valence-electron chi connectivity index (χ2n) is 8.59. The zero-order valence-electron chi connectivity index (χ0n) is 20.0. The topological polar surface area (TPSA) is 92.7 Å². The van der Waals surface area contributed by atoms with Crippen molar-refractivity contribution < 1.29 is 17.9 Å². The van der Waals surface area contributed by atoms with Crippen molar-refractivity contribution in [2.75, 3.05) is 18.6 Å². The fourth-order valence-electron chi connectivity index (χ4n) is 3.89. The molecule has 1 fully saturated rings. The summed E-state index contributed by atoms with van der Waals surface area (Å²) in [4.78, 5) is 24.4. The maximum absolute atomic E-state index is 13.7. The van der Waals surface area contributed by atoms with Crippen LogP contribution in [0.5, 0.6) is 5.75 Å². The lowest BCUT2D eigenvalue weighted by molar-refractivity contribution is 0.0985. The van der Waals surface area contributed by atoms with Gasteiger partial charge in [-0.2, -0.15) is 4.31 Å². The number of amides is 1. The zero-order chi connectivity index (χ0) is 25.3. The lowest BCUT2D eigenvalue weighted by Crippen LogP contribution is -2.31. The summed E-state index contributed by atoms with van der Waals surface area (Å²) in [5.41, 5.74) is 2.00. The van der Waals surface area contributed by atoms with Crippen LogP contribution in [0.1, 0.15) is 35.7 Å². The largest absolute Gasteiger partial charge is 0.494 e. The average Bonchev–Trinajstić information content (AvgIpc) is 3.66. The van der Waals surface area contributed by atoms with E-state index in [-0.39, 0.29) is 23.4 Å². The Bertz CT molecular complexity index is 1480. The van der Waals surface area contributed by atoms with Crippen LogP contribution in [0, 0.1) is 0 Å². The number of anilines is 1. The smallest absolute Gasteiger partial charge is 0.260 e. The molecule has 0 N–H and O–H groups in total. The van der Waals surface area contributed by atoms with Gasteiger partial charge in [0, 0.05) is 31.0 Å². The third kappa shape index (κ3) is 4.97. The van der Waals surface area contributed by atoms with Gasteiger partial charge in [0.15, 0.2) is 5.13 Å². The molecule has 1 amide bonds. The van der Waals surface area contributed by atoms with Gasteiger partial charge in [-0.15, -0.1) is 0 Å². The Morgan fingerprint density at radius 2 is 1.92 bits per heavy atom. The molecule has 36 heavy (non-hydrogen) atoms. The summed E-state index contributed by atoms with van der Waals surface area (Å²) in [5, 5.41) is 0.540. The van der Waals surface area contributed by atoms with E-state index < -0.39 is 10.0 Å². The molecule has 5 rings (SSSR count). The number of ether oxygens (including phenoxy) is 1. The second-order valence-corrected chi connectivity index (χ2v) is 11.6. The summed E-state index contributed by atoms with van der Waals surface area (Å²) in [6, 6.07) is 15.6. The molecule has 1 aliphatic rings. The molecule has 4 aromatic rings. The number of rotatable bonds is 9. The van der Waals surface area contributed by atoms with Gasteiger partial charge in [-0.05, 0) is 73.9 Å². The van der Waals surface area contributed by atoms with Gasteiger partial charge >= 0.3 is 0 Å². The summed E-state index contributed by atoms with van der Waals surface area (Å²) in [7, 11) is -1.98. The van der Waals surface area contributed by atoms with E-state index in [0.29, 0.717) is 17.3 Å². The third-order valence-electron chi connectivity index (χ3n) is 6.04. The molecule has 10 heteroatoms. The molecule has 1 aliphatic carbocycles. The standard InChI is InChI=1S/C26H26N4O4S2/c1-3-34-21-10-13-23-24(15-21)35-26(28-23)30(17-18-5-4-14-27-16-18)25(31)19-6-11-22(12-7-19)36(32,33)29(2)20-8-9-20/h4-7,10-16,20H,3,8-9,17H2,1-2H3. The highest BCUT2D eigenvalue weighted by Crippen LogP contribution is 2.34. The van der Waals surface area contributed by atoms with Crippen LogP contribution in [-0.4, -0.2) is 48.3 Å². The van der Waals surface area contributed by atoms with Gasteiger partial charge in [0.25, 0.3) is 5.91 Å². The Morgan fingerprint density at radius 1 is 1.14 bits per heavy atom. The molecule has 2 aromatic heterocycles. The highest BCUT2D eigenvalue weighted by atomic mass is 32.2. The van der Waals surface area contributed by atoms with Gasteiger partial charge in [0.1, 0.15) is 5.75 Å². The minimum absolute atomic E-state index is 0.0635. The van der Waals surface area contributed by atoms with Gasteiger partial charge < -0.3 is 4.74 Å². The molecule has 0 bridgehead atoms. The molecule has 186 valence electrons. The fraction of sp³-hybridized carbons (Fsp3) is 0.269. The number of carbonyl (C=O) groups is 1. The van der Waals surface area contributed by atoms with E-state index in [4.69, 9.17) is 9.72 Å². The molecule has 0 radical (unpaired) electrons. The van der Waals surface area contributed by atoms with E-state index in [0.717, 1.165) is 34.4 Å². The molecule has 2 aromatic carbocycles. The average molecular weight is 523 g/mol. The SMILES string of the molecule is CCOc1ccc2nc(N(Cc3cccnc3)C(=O)c3ccc(S(=O)(=O)N(C)C4CC4)cc3)sc2c1. The number of aromatic nitrogens is 2. The van der Waals surface area contributed by atoms with Gasteiger partial charge in [0.2, 0.25) is 10.0 Å². The van der Waals surface area contributed by atoms with Gasteiger partial charge in [-0.3, -0.25) is 14.7 Å². The van der Waals surface area contributed by atoms with Crippen LogP contribution in [0.25, 0.3) is 10.2 Å². The molecule has 1 saturated carbocycles. The summed E-state index contributed by atoms with van der Waals surface area (Å²) < 4.78 is 33.7. The molecule has 0 spiro atoms. The van der Waals surface area contributed by atoms with Crippen molar-refractivity contribution in [2.45, 2.75) is 37.2 Å². The monoisotopic (exact) mass is 522 g/mol. The minimum Gasteiger partial charge on any atom is -0.494 e. The first kappa shape index (κ1) is 24.4. The van der Waals surface area contributed by atoms with Crippen molar-refractivity contribution >= 4 is 42.6 Å². The first-order valence-corrected chi connectivity index (χ1v) is 13.9. The molecule has 0 saturated heterocycles. The maximum Gasteiger partial charge on any atom is 0.260 e. The van der Waals surface area contributed by atoms with E-state index >= 15 is 0 Å². The quantitative estimate of drug-likeness (QED) is 0.316. The number of fused-ring (bicyclic) bond motifs is 1. The van der Waals surface area contributed by atoms with Crippen LogP contribution < -0.4 is 9.64 Å². The molecule has 0 unspecified atom stereocenters. The summed E-state index contributed by atoms with van der Waals surface area (Å²) in [5.74, 6) is 0.473. The van der Waals surface area contributed by atoms with E-state index in [9.17, 15) is 13.2 Å². The molecular weight excluding hydrogens is 496 g/mol. The molecule has 0 aliphatic heterocycles. The Hall–Kier alpha value is -3.34. The highest BCUT2D eigenvalue weighted by molar-refractivity contribution is 7.89. The number of sulfonamides is 1. The second kappa shape index (κ2) is 9.96. The summed E-state index contributed by atoms with van der Waals surface area (Å²) in [6.45, 7) is 2.76. The Morgan fingerprint density at radius 3 is 2.58 bits per heavy atom. The predicted octanol–water partition coefficient (Wildman–Crippen LogP) is 4.72. The van der Waals surface area contributed by atoms with E-state index in [1.54, 1.807) is 36.5 Å². The Labute approximate surface area is 214 Å². The third-order valence-corrected chi connectivity index (χ3v) is 9.00. The van der Waals surface area contributed by atoms with Gasteiger partial charge in [-0.25, -0.2) is 13.4 Å². The van der Waals surface area contributed by atoms with E-state index in [2.05, 4.69) is 4.98 Å². The van der Waals surface area contributed by atoms with Crippen LogP contribution in [-0.2, 0) is 16.6 Å². The maximum atomic E-state index is 13.7. The van der Waals surface area contributed by atoms with Crippen molar-refractivity contribution in [1.29, 1.82) is 0 Å². The van der Waals surface area contributed by atoms with E-state index in [1.165, 1.54) is 27.8 Å². The molecule has 8 nitrogen and oxygen atoms in total. The molecular formula is C26H26N4O4S2. The molecule has 0 atom stereocenters. The number of nitrogens with zero attached hydrogens (tertiary/aromatic N) is 4. The number of thiazole rings is 1. The predicted molar refractivity (Wildman–Crippen MR) is 140 cm³/mol. The first-order valence-electron chi connectivity index (χ1n) is 11.7. The van der Waals surface area contributed by atoms with Gasteiger partial charge in [0.05, 0.1) is 28.3 Å². The van der Waals surface area contributed by atoms with Crippen molar-refractivity contribution in [1.82, 2.24) is 14.3 Å². The number of hydrogen-bond donors (Lipinski definition) is 0. The van der Waals surface area contributed by atoms with Crippen molar-refractivity contribution in [3.63, 3.8) is 0 Å². The number of pyridine rings is 1. The highest BCUT2D eigenvalue weighted by Gasteiger charge is 2.35.